The number of benzene rings is 2. The molecule has 2 aromatic carbocycles. The molecule has 0 heterocycles. The van der Waals surface area contributed by atoms with Gasteiger partial charge in [-0.05, 0) is 37.1 Å². The van der Waals surface area contributed by atoms with Crippen LogP contribution in [0, 0.1) is 23.3 Å². The maximum absolute atomic E-state index is 14.0. The van der Waals surface area contributed by atoms with Crippen molar-refractivity contribution in [2.24, 2.45) is 0 Å². The molecule has 0 aliphatic heterocycles. The van der Waals surface area contributed by atoms with E-state index in [0.717, 1.165) is 12.1 Å². The largest absolute Gasteiger partial charge is 0.323 e. The van der Waals surface area contributed by atoms with Crippen LogP contribution in [0.25, 0.3) is 0 Å². The van der Waals surface area contributed by atoms with Crippen molar-refractivity contribution in [3.8, 4) is 0 Å². The van der Waals surface area contributed by atoms with E-state index < -0.39 is 86.3 Å². The second-order valence-corrected chi connectivity index (χ2v) is 10.5. The Morgan fingerprint density at radius 3 is 1.32 bits per heavy atom. The van der Waals surface area contributed by atoms with E-state index in [-0.39, 0.29) is 12.8 Å². The van der Waals surface area contributed by atoms with Crippen LogP contribution in [0.15, 0.2) is 34.1 Å². The van der Waals surface area contributed by atoms with Gasteiger partial charge in [0.25, 0.3) is 0 Å². The lowest BCUT2D eigenvalue weighted by Crippen LogP contribution is -2.15. The van der Waals surface area contributed by atoms with Gasteiger partial charge in [0.15, 0.2) is 13.6 Å². The summed E-state index contributed by atoms with van der Waals surface area (Å²) in [5.74, 6) is -4.53. The average molecular weight is 550 g/mol. The summed E-state index contributed by atoms with van der Waals surface area (Å²) < 4.78 is 134. The van der Waals surface area contributed by atoms with E-state index >= 15 is 0 Å². The molecule has 0 atom stereocenters. The lowest BCUT2D eigenvalue weighted by Gasteiger charge is -2.12. The van der Waals surface area contributed by atoms with Gasteiger partial charge in [0.05, 0.1) is 0 Å². The standard InChI is InChI=1S/C18H19F4O9PS2/c1-3-11-13(19)5-7-15(21)17(11)33(24,25)30-9-28-32(23)29-10-31-34(26,27)18-12(4-2)14(20)6-8-16(18)22/h5-8,32H,3-4,9-10H2,1-2H3. The SMILES string of the molecule is CCc1c(F)ccc(F)c1S(=O)(=O)OCO[PH](=O)OCOS(=O)(=O)c1c(F)ccc(F)c1CC. The van der Waals surface area contributed by atoms with Gasteiger partial charge in [-0.1, -0.05) is 13.8 Å². The highest BCUT2D eigenvalue weighted by atomic mass is 32.2. The fourth-order valence-electron chi connectivity index (χ4n) is 2.78. The molecular formula is C18H19F4O9PS2. The second kappa shape index (κ2) is 11.7. The van der Waals surface area contributed by atoms with Crippen LogP contribution in [0.5, 0.6) is 0 Å². The summed E-state index contributed by atoms with van der Waals surface area (Å²) in [4.78, 5) is -2.12. The van der Waals surface area contributed by atoms with Gasteiger partial charge in [0.1, 0.15) is 33.1 Å². The molecule has 0 amide bonds. The zero-order valence-corrected chi connectivity index (χ0v) is 20.3. The van der Waals surface area contributed by atoms with E-state index in [0.29, 0.717) is 12.1 Å². The zero-order chi connectivity index (χ0) is 25.7. The predicted octanol–water partition coefficient (Wildman–Crippen LogP) is 3.82. The van der Waals surface area contributed by atoms with E-state index in [4.69, 9.17) is 0 Å². The van der Waals surface area contributed by atoms with Crippen molar-refractivity contribution in [2.45, 2.75) is 36.5 Å². The lowest BCUT2D eigenvalue weighted by atomic mass is 10.1. The second-order valence-electron chi connectivity index (χ2n) is 6.30. The Balaban J connectivity index is 1.97. The number of hydrogen-bond donors (Lipinski definition) is 0. The first-order valence-corrected chi connectivity index (χ1v) is 13.4. The van der Waals surface area contributed by atoms with E-state index in [2.05, 4.69) is 17.4 Å². The van der Waals surface area contributed by atoms with Crippen LogP contribution in [0.4, 0.5) is 17.6 Å². The van der Waals surface area contributed by atoms with Crippen LogP contribution in [0.3, 0.4) is 0 Å². The molecule has 0 saturated carbocycles. The first-order valence-electron chi connectivity index (χ1n) is 9.37. The van der Waals surface area contributed by atoms with Gasteiger partial charge in [-0.15, -0.1) is 0 Å². The third kappa shape index (κ3) is 6.62. The average Bonchev–Trinajstić information content (AvgIpc) is 2.75. The zero-order valence-electron chi connectivity index (χ0n) is 17.6. The van der Waals surface area contributed by atoms with E-state index in [9.17, 15) is 39.0 Å². The van der Waals surface area contributed by atoms with Gasteiger partial charge >= 0.3 is 28.5 Å². The van der Waals surface area contributed by atoms with E-state index in [1.54, 1.807) is 0 Å². The molecule has 0 spiro atoms. The van der Waals surface area contributed by atoms with Crippen LogP contribution < -0.4 is 0 Å². The third-order valence-corrected chi connectivity index (χ3v) is 7.68. The molecule has 190 valence electrons. The first-order chi connectivity index (χ1) is 15.9. The highest BCUT2D eigenvalue weighted by Crippen LogP contribution is 2.29. The molecular weight excluding hydrogens is 531 g/mol. The Kier molecular flexibility index (Phi) is 9.77. The molecule has 0 unspecified atom stereocenters. The first kappa shape index (κ1) is 28.4. The topological polar surface area (TPSA) is 122 Å². The van der Waals surface area contributed by atoms with Crippen molar-refractivity contribution < 1.29 is 56.4 Å². The summed E-state index contributed by atoms with van der Waals surface area (Å²) >= 11 is 0. The highest BCUT2D eigenvalue weighted by molar-refractivity contribution is 7.87. The summed E-state index contributed by atoms with van der Waals surface area (Å²) in [6.45, 7) is 0.245. The highest BCUT2D eigenvalue weighted by Gasteiger charge is 2.28. The number of rotatable bonds is 12. The molecule has 0 radical (unpaired) electrons. The quantitative estimate of drug-likeness (QED) is 0.168. The Bertz CT molecular complexity index is 1190. The van der Waals surface area contributed by atoms with E-state index in [1.165, 1.54) is 13.8 Å². The van der Waals surface area contributed by atoms with Crippen LogP contribution in [0.1, 0.15) is 25.0 Å². The molecule has 9 nitrogen and oxygen atoms in total. The molecule has 16 heteroatoms. The molecule has 34 heavy (non-hydrogen) atoms. The molecule has 0 aliphatic rings. The summed E-state index contributed by atoms with van der Waals surface area (Å²) in [6, 6.07) is 2.65. The van der Waals surface area contributed by atoms with Gasteiger partial charge in [-0.3, -0.25) is 13.6 Å². The van der Waals surface area contributed by atoms with Crippen LogP contribution in [0.2, 0.25) is 0 Å². The summed E-state index contributed by atoms with van der Waals surface area (Å²) in [5, 5.41) is 0. The fraction of sp³-hybridized carbons (Fsp3) is 0.333. The summed E-state index contributed by atoms with van der Waals surface area (Å²) in [7, 11) is -13.4. The molecule has 0 bridgehead atoms. The van der Waals surface area contributed by atoms with Gasteiger partial charge in [-0.2, -0.15) is 16.8 Å². The Hall–Kier alpha value is -1.87. The van der Waals surface area contributed by atoms with Gasteiger partial charge < -0.3 is 0 Å². The maximum Gasteiger partial charge on any atom is 0.323 e. The monoisotopic (exact) mass is 550 g/mol. The Morgan fingerprint density at radius 1 is 0.676 bits per heavy atom. The minimum atomic E-state index is -4.87. The third-order valence-electron chi connectivity index (χ3n) is 4.28. The number of halogens is 4. The summed E-state index contributed by atoms with van der Waals surface area (Å²) in [5.41, 5.74) is -0.947. The van der Waals surface area contributed by atoms with Gasteiger partial charge in [0.2, 0.25) is 0 Å². The lowest BCUT2D eigenvalue weighted by molar-refractivity contribution is 0.0751. The minimum absolute atomic E-state index is 0.181. The fourth-order valence-corrected chi connectivity index (χ4v) is 5.63. The Morgan fingerprint density at radius 2 is 1.00 bits per heavy atom. The van der Waals surface area contributed by atoms with Crippen molar-refractivity contribution in [2.75, 3.05) is 13.6 Å². The molecule has 0 saturated heterocycles. The van der Waals surface area contributed by atoms with Crippen LogP contribution in [-0.4, -0.2) is 30.4 Å². The van der Waals surface area contributed by atoms with E-state index in [1.807, 2.05) is 0 Å². The molecule has 2 aromatic rings. The normalized spacial score (nSPS) is 12.4. The molecule has 0 N–H and O–H groups in total. The molecule has 2 rings (SSSR count). The molecule has 0 aromatic heterocycles. The van der Waals surface area contributed by atoms with Crippen molar-refractivity contribution in [1.29, 1.82) is 0 Å². The number of hydrogen-bond acceptors (Lipinski definition) is 9. The summed E-state index contributed by atoms with van der Waals surface area (Å²) in [6.07, 6.45) is -0.362. The van der Waals surface area contributed by atoms with Gasteiger partial charge in [0, 0.05) is 11.1 Å². The maximum atomic E-state index is 14.0. The van der Waals surface area contributed by atoms with Crippen molar-refractivity contribution in [3.63, 3.8) is 0 Å². The molecule has 0 fully saturated rings. The Labute approximate surface area is 193 Å². The van der Waals surface area contributed by atoms with Crippen LogP contribution in [-0.2, 0) is 55.1 Å². The predicted molar refractivity (Wildman–Crippen MR) is 109 cm³/mol. The minimum Gasteiger partial charge on any atom is -0.282 e. The van der Waals surface area contributed by atoms with Crippen molar-refractivity contribution in [1.82, 2.24) is 0 Å². The van der Waals surface area contributed by atoms with Crippen molar-refractivity contribution in [3.05, 3.63) is 58.7 Å². The van der Waals surface area contributed by atoms with Crippen molar-refractivity contribution >= 4 is 28.5 Å². The van der Waals surface area contributed by atoms with Gasteiger partial charge in [-0.25, -0.2) is 25.9 Å². The smallest absolute Gasteiger partial charge is 0.282 e. The molecule has 0 aliphatic carbocycles. The van der Waals surface area contributed by atoms with Crippen LogP contribution >= 0.6 is 8.25 Å².